The van der Waals surface area contributed by atoms with E-state index in [1.807, 2.05) is 19.9 Å². The van der Waals surface area contributed by atoms with Crippen molar-refractivity contribution in [2.24, 2.45) is 0 Å². The highest BCUT2D eigenvalue weighted by atomic mass is 79.9. The first-order chi connectivity index (χ1) is 6.94. The molecule has 1 N–H and O–H groups in total. The fraction of sp³-hybridized carbons (Fsp3) is 0.364. The highest BCUT2D eigenvalue weighted by Crippen LogP contribution is 2.19. The normalized spacial score (nSPS) is 11.1. The summed E-state index contributed by atoms with van der Waals surface area (Å²) in [5.41, 5.74) is 0.635. The molecule has 0 saturated heterocycles. The van der Waals surface area contributed by atoms with Gasteiger partial charge in [-0.15, -0.1) is 6.42 Å². The van der Waals surface area contributed by atoms with E-state index in [9.17, 15) is 0 Å². The minimum Gasteiger partial charge on any atom is -0.296 e. The molecule has 0 bridgehead atoms. The van der Waals surface area contributed by atoms with Crippen LogP contribution in [0, 0.1) is 12.3 Å². The Bertz CT molecular complexity index is 394. The number of rotatable bonds is 3. The monoisotopic (exact) mass is 330 g/mol. The first-order valence-corrected chi connectivity index (χ1v) is 6.06. The number of hydrogen-bond acceptors (Lipinski definition) is 2. The van der Waals surface area contributed by atoms with Crippen molar-refractivity contribution in [3.05, 3.63) is 26.9 Å². The Balaban J connectivity index is 2.71. The summed E-state index contributed by atoms with van der Waals surface area (Å²) in [6, 6.07) is 1.97. The van der Waals surface area contributed by atoms with E-state index in [-0.39, 0.29) is 5.54 Å². The first-order valence-electron chi connectivity index (χ1n) is 4.47. The Morgan fingerprint density at radius 2 is 2.20 bits per heavy atom. The molecule has 0 spiro atoms. The molecule has 0 aliphatic heterocycles. The van der Waals surface area contributed by atoms with Crippen LogP contribution in [0.2, 0.25) is 0 Å². The molecule has 0 amide bonds. The van der Waals surface area contributed by atoms with E-state index in [0.29, 0.717) is 6.54 Å². The van der Waals surface area contributed by atoms with E-state index >= 15 is 0 Å². The van der Waals surface area contributed by atoms with Crippen LogP contribution >= 0.6 is 31.9 Å². The summed E-state index contributed by atoms with van der Waals surface area (Å²) in [6.07, 6.45) is 7.15. The summed E-state index contributed by atoms with van der Waals surface area (Å²) >= 11 is 6.81. The molecule has 80 valence electrons. The lowest BCUT2D eigenvalue weighted by Gasteiger charge is -2.19. The average molecular weight is 332 g/mol. The van der Waals surface area contributed by atoms with Gasteiger partial charge in [-0.3, -0.25) is 10.3 Å². The summed E-state index contributed by atoms with van der Waals surface area (Å²) in [7, 11) is 0. The summed E-state index contributed by atoms with van der Waals surface area (Å²) in [6.45, 7) is 4.56. The number of nitrogens with zero attached hydrogens (tertiary/aromatic N) is 1. The van der Waals surface area contributed by atoms with Crippen molar-refractivity contribution in [1.82, 2.24) is 10.3 Å². The molecule has 0 aromatic carbocycles. The highest BCUT2D eigenvalue weighted by molar-refractivity contribution is 9.11. The van der Waals surface area contributed by atoms with Gasteiger partial charge in [0.1, 0.15) is 0 Å². The van der Waals surface area contributed by atoms with Gasteiger partial charge in [0.15, 0.2) is 0 Å². The van der Waals surface area contributed by atoms with Gasteiger partial charge in [-0.05, 0) is 51.8 Å². The van der Waals surface area contributed by atoms with Crippen molar-refractivity contribution in [2.75, 3.05) is 0 Å². The summed E-state index contributed by atoms with van der Waals surface area (Å²) in [5, 5.41) is 3.24. The maximum absolute atomic E-state index is 5.38. The molecular formula is C11H12Br2N2. The zero-order valence-corrected chi connectivity index (χ0v) is 11.8. The van der Waals surface area contributed by atoms with Gasteiger partial charge in [0, 0.05) is 21.7 Å². The molecule has 0 aliphatic carbocycles. The van der Waals surface area contributed by atoms with Gasteiger partial charge in [0.05, 0.1) is 11.2 Å². The molecule has 0 fully saturated rings. The Labute approximate surface area is 107 Å². The number of terminal acetylenes is 1. The van der Waals surface area contributed by atoms with Crippen molar-refractivity contribution < 1.29 is 0 Å². The van der Waals surface area contributed by atoms with Gasteiger partial charge in [0.2, 0.25) is 0 Å². The van der Waals surface area contributed by atoms with Crippen LogP contribution in [0.1, 0.15) is 19.5 Å². The molecule has 0 aliphatic rings. The minimum atomic E-state index is -0.311. The molecule has 1 aromatic heterocycles. The molecular weight excluding hydrogens is 320 g/mol. The van der Waals surface area contributed by atoms with Gasteiger partial charge in [-0.25, -0.2) is 0 Å². The Morgan fingerprint density at radius 3 is 2.73 bits per heavy atom. The van der Waals surface area contributed by atoms with Crippen LogP contribution in [0.15, 0.2) is 21.2 Å². The lowest BCUT2D eigenvalue weighted by Crippen LogP contribution is -2.37. The third-order valence-electron chi connectivity index (χ3n) is 1.94. The predicted molar refractivity (Wildman–Crippen MR) is 69.4 cm³/mol. The van der Waals surface area contributed by atoms with E-state index in [4.69, 9.17) is 6.42 Å². The molecule has 15 heavy (non-hydrogen) atoms. The Hall–Kier alpha value is -0.370. The van der Waals surface area contributed by atoms with Crippen molar-refractivity contribution in [2.45, 2.75) is 25.9 Å². The average Bonchev–Trinajstić information content (AvgIpc) is 2.16. The molecule has 1 aromatic rings. The van der Waals surface area contributed by atoms with Gasteiger partial charge < -0.3 is 0 Å². The van der Waals surface area contributed by atoms with Crippen LogP contribution in [0.5, 0.6) is 0 Å². The molecule has 0 saturated carbocycles. The Morgan fingerprint density at radius 1 is 1.53 bits per heavy atom. The van der Waals surface area contributed by atoms with Crippen LogP contribution in [-0.2, 0) is 6.54 Å². The molecule has 1 heterocycles. The van der Waals surface area contributed by atoms with Crippen LogP contribution in [-0.4, -0.2) is 10.5 Å². The van der Waals surface area contributed by atoms with E-state index in [2.05, 4.69) is 48.1 Å². The molecule has 2 nitrogen and oxygen atoms in total. The van der Waals surface area contributed by atoms with E-state index in [1.54, 1.807) is 6.20 Å². The van der Waals surface area contributed by atoms with Gasteiger partial charge >= 0.3 is 0 Å². The third-order valence-corrected chi connectivity index (χ3v) is 3.06. The van der Waals surface area contributed by atoms with Gasteiger partial charge in [-0.2, -0.15) is 0 Å². The van der Waals surface area contributed by atoms with E-state index in [0.717, 1.165) is 14.6 Å². The quantitative estimate of drug-likeness (QED) is 0.861. The molecule has 0 radical (unpaired) electrons. The zero-order chi connectivity index (χ0) is 11.5. The van der Waals surface area contributed by atoms with Crippen LogP contribution < -0.4 is 5.32 Å². The fourth-order valence-corrected chi connectivity index (χ4v) is 2.06. The number of aromatic nitrogens is 1. The Kier molecular flexibility index (Phi) is 4.32. The van der Waals surface area contributed by atoms with E-state index < -0.39 is 0 Å². The zero-order valence-electron chi connectivity index (χ0n) is 8.64. The standard InChI is InChI=1S/C11H12Br2N2/c1-4-11(2,3)15-7-10-9(13)5-8(12)6-14-10/h1,5-6,15H,7H2,2-3H3. The lowest BCUT2D eigenvalue weighted by molar-refractivity contribution is 0.486. The van der Waals surface area contributed by atoms with Crippen molar-refractivity contribution >= 4 is 31.9 Å². The summed E-state index contributed by atoms with van der Waals surface area (Å²) in [4.78, 5) is 4.29. The lowest BCUT2D eigenvalue weighted by atomic mass is 10.1. The molecule has 0 unspecified atom stereocenters. The van der Waals surface area contributed by atoms with Crippen LogP contribution in [0.4, 0.5) is 0 Å². The second kappa shape index (κ2) is 5.11. The maximum atomic E-state index is 5.38. The minimum absolute atomic E-state index is 0.311. The van der Waals surface area contributed by atoms with Gasteiger partial charge in [-0.1, -0.05) is 5.92 Å². The van der Waals surface area contributed by atoms with Crippen LogP contribution in [0.25, 0.3) is 0 Å². The molecule has 0 atom stereocenters. The summed E-state index contributed by atoms with van der Waals surface area (Å²) in [5.74, 6) is 2.68. The smallest absolute Gasteiger partial charge is 0.0744 e. The fourth-order valence-electron chi connectivity index (χ4n) is 0.929. The maximum Gasteiger partial charge on any atom is 0.0744 e. The highest BCUT2D eigenvalue weighted by Gasteiger charge is 2.13. The van der Waals surface area contributed by atoms with Crippen molar-refractivity contribution in [3.63, 3.8) is 0 Å². The largest absolute Gasteiger partial charge is 0.296 e. The number of hydrogen-bond donors (Lipinski definition) is 1. The second-order valence-corrected chi connectivity index (χ2v) is 5.47. The number of pyridine rings is 1. The third kappa shape index (κ3) is 3.94. The first kappa shape index (κ1) is 12.7. The summed E-state index contributed by atoms with van der Waals surface area (Å²) < 4.78 is 1.92. The molecule has 4 heteroatoms. The predicted octanol–water partition coefficient (Wildman–Crippen LogP) is 3.11. The van der Waals surface area contributed by atoms with Gasteiger partial charge in [0.25, 0.3) is 0 Å². The number of nitrogens with one attached hydrogen (secondary N) is 1. The SMILES string of the molecule is C#CC(C)(C)NCc1ncc(Br)cc1Br. The van der Waals surface area contributed by atoms with Crippen molar-refractivity contribution in [1.29, 1.82) is 0 Å². The van der Waals surface area contributed by atoms with Crippen LogP contribution in [0.3, 0.4) is 0 Å². The number of halogens is 2. The topological polar surface area (TPSA) is 24.9 Å². The molecule has 1 rings (SSSR count). The van der Waals surface area contributed by atoms with Crippen molar-refractivity contribution in [3.8, 4) is 12.3 Å². The second-order valence-electron chi connectivity index (χ2n) is 3.70. The van der Waals surface area contributed by atoms with E-state index in [1.165, 1.54) is 0 Å².